The molecular formula is C24H33IN4O. The number of anilines is 1. The molecule has 2 aromatic rings. The van der Waals surface area contributed by atoms with Gasteiger partial charge in [-0.1, -0.05) is 61.9 Å². The molecule has 2 aromatic carbocycles. The molecular weight excluding hydrogens is 487 g/mol. The summed E-state index contributed by atoms with van der Waals surface area (Å²) in [6.07, 6.45) is 0.484. The number of aryl methyl sites for hydroxylation is 1. The Morgan fingerprint density at radius 3 is 2.53 bits per heavy atom. The summed E-state index contributed by atoms with van der Waals surface area (Å²) in [7, 11) is 0. The van der Waals surface area contributed by atoms with Crippen molar-refractivity contribution in [3.05, 3.63) is 65.2 Å². The van der Waals surface area contributed by atoms with E-state index in [4.69, 9.17) is 4.99 Å². The maximum atomic E-state index is 12.1. The minimum atomic E-state index is -0.0621. The topological polar surface area (TPSA) is 65.5 Å². The zero-order valence-corrected chi connectivity index (χ0v) is 20.6. The molecule has 6 heteroatoms. The highest BCUT2D eigenvalue weighted by atomic mass is 127. The van der Waals surface area contributed by atoms with Gasteiger partial charge >= 0.3 is 0 Å². The van der Waals surface area contributed by atoms with Crippen LogP contribution in [0.15, 0.2) is 53.5 Å². The lowest BCUT2D eigenvalue weighted by atomic mass is 9.84. The SMILES string of the molecule is CCNC(=NCC(C)(C)c1ccc(C)cc1)NCC1CC(=O)Nc2ccccc21.I. The Kier molecular flexibility index (Phi) is 8.70. The van der Waals surface area contributed by atoms with Gasteiger partial charge in [-0.3, -0.25) is 9.79 Å². The Balaban J connectivity index is 0.00000320. The lowest BCUT2D eigenvalue weighted by Crippen LogP contribution is -2.41. The fourth-order valence-electron chi connectivity index (χ4n) is 3.62. The van der Waals surface area contributed by atoms with Crippen LogP contribution in [0.25, 0.3) is 0 Å². The average molecular weight is 520 g/mol. The maximum absolute atomic E-state index is 12.1. The molecule has 0 fully saturated rings. The lowest BCUT2D eigenvalue weighted by molar-refractivity contribution is -0.116. The lowest BCUT2D eigenvalue weighted by Gasteiger charge is -2.27. The third kappa shape index (κ3) is 6.20. The van der Waals surface area contributed by atoms with Crippen LogP contribution in [0.3, 0.4) is 0 Å². The van der Waals surface area contributed by atoms with E-state index in [9.17, 15) is 4.79 Å². The number of amides is 1. The summed E-state index contributed by atoms with van der Waals surface area (Å²) in [5, 5.41) is 9.73. The van der Waals surface area contributed by atoms with Gasteiger partial charge in [-0.2, -0.15) is 0 Å². The van der Waals surface area contributed by atoms with Gasteiger partial charge < -0.3 is 16.0 Å². The predicted molar refractivity (Wildman–Crippen MR) is 136 cm³/mol. The second-order valence-corrected chi connectivity index (χ2v) is 8.36. The average Bonchev–Trinajstić information content (AvgIpc) is 2.70. The van der Waals surface area contributed by atoms with Crippen molar-refractivity contribution < 1.29 is 4.79 Å². The highest BCUT2D eigenvalue weighted by Gasteiger charge is 2.25. The molecule has 0 aromatic heterocycles. The predicted octanol–water partition coefficient (Wildman–Crippen LogP) is 4.57. The van der Waals surface area contributed by atoms with Gasteiger partial charge in [0.05, 0.1) is 6.54 Å². The molecule has 0 aliphatic carbocycles. The van der Waals surface area contributed by atoms with Crippen LogP contribution in [-0.4, -0.2) is 31.5 Å². The monoisotopic (exact) mass is 520 g/mol. The van der Waals surface area contributed by atoms with Crippen molar-refractivity contribution in [2.45, 2.75) is 45.4 Å². The van der Waals surface area contributed by atoms with Gasteiger partial charge in [-0.15, -0.1) is 24.0 Å². The van der Waals surface area contributed by atoms with E-state index in [1.165, 1.54) is 16.7 Å². The molecule has 0 radical (unpaired) electrons. The van der Waals surface area contributed by atoms with Gasteiger partial charge in [-0.25, -0.2) is 0 Å². The van der Waals surface area contributed by atoms with Crippen LogP contribution in [0, 0.1) is 6.92 Å². The molecule has 1 unspecified atom stereocenters. The summed E-state index contributed by atoms with van der Waals surface area (Å²) in [6.45, 7) is 10.7. The van der Waals surface area contributed by atoms with Gasteiger partial charge in [0.2, 0.25) is 5.91 Å². The van der Waals surface area contributed by atoms with Crippen LogP contribution in [0.5, 0.6) is 0 Å². The van der Waals surface area contributed by atoms with Crippen LogP contribution in [0.2, 0.25) is 0 Å². The number of rotatable bonds is 6. The summed E-state index contributed by atoms with van der Waals surface area (Å²) in [5.41, 5.74) is 4.57. The standard InChI is InChI=1S/C24H32N4O.HI/c1-5-25-23(27-16-24(3,4)19-12-10-17(2)11-13-19)26-15-18-14-22(29)28-21-9-7-6-8-20(18)21;/h6-13,18H,5,14-16H2,1-4H3,(H,28,29)(H2,25,26,27);1H. The third-order valence-corrected chi connectivity index (χ3v) is 5.43. The normalized spacial score (nSPS) is 16.2. The molecule has 1 atom stereocenters. The Morgan fingerprint density at radius 2 is 1.83 bits per heavy atom. The molecule has 0 spiro atoms. The van der Waals surface area contributed by atoms with Crippen LogP contribution < -0.4 is 16.0 Å². The van der Waals surface area contributed by atoms with Crippen molar-refractivity contribution in [3.8, 4) is 0 Å². The molecule has 162 valence electrons. The van der Waals surface area contributed by atoms with Crippen molar-refractivity contribution >= 4 is 41.5 Å². The van der Waals surface area contributed by atoms with Crippen molar-refractivity contribution in [1.82, 2.24) is 10.6 Å². The first-order valence-electron chi connectivity index (χ1n) is 10.4. The van der Waals surface area contributed by atoms with Crippen molar-refractivity contribution in [3.63, 3.8) is 0 Å². The fraction of sp³-hybridized carbons (Fsp3) is 0.417. The summed E-state index contributed by atoms with van der Waals surface area (Å²) < 4.78 is 0. The highest BCUT2D eigenvalue weighted by Crippen LogP contribution is 2.31. The second-order valence-electron chi connectivity index (χ2n) is 8.36. The maximum Gasteiger partial charge on any atom is 0.225 e. The molecule has 1 amide bonds. The Hall–Kier alpha value is -2.09. The van der Waals surface area contributed by atoms with Crippen LogP contribution >= 0.6 is 24.0 Å². The molecule has 0 bridgehead atoms. The minimum Gasteiger partial charge on any atom is -0.357 e. The van der Waals surface area contributed by atoms with Crippen molar-refractivity contribution in [1.29, 1.82) is 0 Å². The largest absolute Gasteiger partial charge is 0.357 e. The smallest absolute Gasteiger partial charge is 0.225 e. The number of nitrogens with one attached hydrogen (secondary N) is 3. The molecule has 3 rings (SSSR count). The van der Waals surface area contributed by atoms with E-state index in [0.29, 0.717) is 19.5 Å². The number of carbonyl (C=O) groups is 1. The zero-order chi connectivity index (χ0) is 20.9. The van der Waals surface area contributed by atoms with E-state index >= 15 is 0 Å². The summed E-state index contributed by atoms with van der Waals surface area (Å²) in [4.78, 5) is 16.9. The summed E-state index contributed by atoms with van der Waals surface area (Å²) in [6, 6.07) is 16.7. The number of nitrogens with zero attached hydrogens (tertiary/aromatic N) is 1. The van der Waals surface area contributed by atoms with Crippen LogP contribution in [0.4, 0.5) is 5.69 Å². The molecule has 5 nitrogen and oxygen atoms in total. The fourth-order valence-corrected chi connectivity index (χ4v) is 3.62. The van der Waals surface area contributed by atoms with E-state index in [2.05, 4.69) is 74.0 Å². The van der Waals surface area contributed by atoms with Gasteiger partial charge in [0.15, 0.2) is 5.96 Å². The van der Waals surface area contributed by atoms with Gasteiger partial charge in [0.25, 0.3) is 0 Å². The molecule has 3 N–H and O–H groups in total. The molecule has 1 aliphatic rings. The number of aliphatic imine (C=N–C) groups is 1. The first kappa shape index (κ1) is 24.2. The number of hydrogen-bond donors (Lipinski definition) is 3. The number of benzene rings is 2. The van der Waals surface area contributed by atoms with E-state index in [1.807, 2.05) is 18.2 Å². The van der Waals surface area contributed by atoms with Crippen LogP contribution in [0.1, 0.15) is 49.8 Å². The second kappa shape index (κ2) is 10.8. The third-order valence-electron chi connectivity index (χ3n) is 5.43. The Morgan fingerprint density at radius 1 is 1.13 bits per heavy atom. The number of guanidine groups is 1. The van der Waals surface area contributed by atoms with Crippen molar-refractivity contribution in [2.24, 2.45) is 4.99 Å². The van der Waals surface area contributed by atoms with E-state index in [1.54, 1.807) is 0 Å². The Bertz CT molecular complexity index is 877. The quantitative estimate of drug-likeness (QED) is 0.297. The van der Waals surface area contributed by atoms with Crippen molar-refractivity contribution in [2.75, 3.05) is 25.0 Å². The number of para-hydroxylation sites is 1. The first-order chi connectivity index (χ1) is 13.9. The summed E-state index contributed by atoms with van der Waals surface area (Å²) in [5.74, 6) is 0.989. The Labute approximate surface area is 197 Å². The minimum absolute atomic E-state index is 0. The van der Waals surface area contributed by atoms with Gasteiger partial charge in [0.1, 0.15) is 0 Å². The number of hydrogen-bond acceptors (Lipinski definition) is 2. The van der Waals surface area contributed by atoms with E-state index in [-0.39, 0.29) is 41.2 Å². The molecule has 1 heterocycles. The first-order valence-corrected chi connectivity index (χ1v) is 10.4. The molecule has 0 saturated heterocycles. The van der Waals surface area contributed by atoms with Gasteiger partial charge in [0, 0.05) is 36.5 Å². The molecule has 30 heavy (non-hydrogen) atoms. The van der Waals surface area contributed by atoms with E-state index < -0.39 is 0 Å². The number of halogens is 1. The summed E-state index contributed by atoms with van der Waals surface area (Å²) >= 11 is 0. The number of fused-ring (bicyclic) bond motifs is 1. The van der Waals surface area contributed by atoms with E-state index in [0.717, 1.165) is 18.2 Å². The molecule has 1 aliphatic heterocycles. The number of carbonyl (C=O) groups excluding carboxylic acids is 1. The molecule has 0 saturated carbocycles. The highest BCUT2D eigenvalue weighted by molar-refractivity contribution is 14.0. The van der Waals surface area contributed by atoms with Crippen LogP contribution in [-0.2, 0) is 10.2 Å². The zero-order valence-electron chi connectivity index (χ0n) is 18.3. The van der Waals surface area contributed by atoms with Gasteiger partial charge in [-0.05, 0) is 31.0 Å².